The molecule has 0 bridgehead atoms. The normalized spacial score (nSPS) is 16.6. The van der Waals surface area contributed by atoms with Gasteiger partial charge in [-0.3, -0.25) is 19.7 Å². The van der Waals surface area contributed by atoms with Crippen LogP contribution in [0.4, 0.5) is 11.5 Å². The number of aryl methyl sites for hydroxylation is 2. The Kier molecular flexibility index (Phi) is 7.10. The molecule has 5 heterocycles. The first kappa shape index (κ1) is 27.7. The number of amides is 2. The van der Waals surface area contributed by atoms with Crippen molar-refractivity contribution in [3.8, 4) is 17.0 Å². The van der Waals surface area contributed by atoms with Crippen LogP contribution in [0.2, 0.25) is 5.02 Å². The van der Waals surface area contributed by atoms with Crippen molar-refractivity contribution < 1.29 is 14.3 Å². The highest BCUT2D eigenvalue weighted by molar-refractivity contribution is 6.36. The summed E-state index contributed by atoms with van der Waals surface area (Å²) in [6, 6.07) is 5.50. The molecule has 1 saturated heterocycles. The van der Waals surface area contributed by atoms with Crippen molar-refractivity contribution in [1.82, 2.24) is 30.0 Å². The van der Waals surface area contributed by atoms with Gasteiger partial charge in [0.05, 0.1) is 34.8 Å². The van der Waals surface area contributed by atoms with Crippen molar-refractivity contribution >= 4 is 45.8 Å². The Morgan fingerprint density at radius 3 is 2.79 bits per heavy atom. The van der Waals surface area contributed by atoms with E-state index in [4.69, 9.17) is 21.3 Å². The number of ether oxygens (including phenoxy) is 1. The number of H-pyrrole nitrogens is 1. The summed E-state index contributed by atoms with van der Waals surface area (Å²) in [6.45, 7) is 13.0. The van der Waals surface area contributed by atoms with Crippen LogP contribution in [0.3, 0.4) is 0 Å². The number of nitrogens with one attached hydrogen (secondary N) is 2. The Morgan fingerprint density at radius 2 is 2.02 bits per heavy atom. The van der Waals surface area contributed by atoms with Crippen molar-refractivity contribution in [1.29, 1.82) is 0 Å². The summed E-state index contributed by atoms with van der Waals surface area (Å²) < 4.78 is 6.39. The fraction of sp³-hybridized carbons (Fsp3) is 0.323. The van der Waals surface area contributed by atoms with Gasteiger partial charge in [-0.1, -0.05) is 38.1 Å². The Hall–Kier alpha value is -4.44. The lowest BCUT2D eigenvalue weighted by Gasteiger charge is -2.39. The zero-order valence-electron chi connectivity index (χ0n) is 24.0. The van der Waals surface area contributed by atoms with Gasteiger partial charge in [-0.05, 0) is 49.1 Å². The number of carbonyl (C=O) groups excluding carboxylic acids is 2. The first-order valence-corrected chi connectivity index (χ1v) is 14.3. The number of pyridine rings is 2. The van der Waals surface area contributed by atoms with Gasteiger partial charge in [0.2, 0.25) is 5.91 Å². The van der Waals surface area contributed by atoms with Crippen LogP contribution >= 0.6 is 11.6 Å². The molecular formula is C31H32ClN7O3. The minimum absolute atomic E-state index is 0.117. The molecule has 2 amide bonds. The van der Waals surface area contributed by atoms with Crippen LogP contribution in [-0.4, -0.2) is 74.1 Å². The molecule has 0 aliphatic carbocycles. The van der Waals surface area contributed by atoms with Gasteiger partial charge < -0.3 is 19.9 Å². The van der Waals surface area contributed by atoms with Crippen molar-refractivity contribution in [3.63, 3.8) is 0 Å². The largest absolute Gasteiger partial charge is 0.489 e. The van der Waals surface area contributed by atoms with Crippen LogP contribution < -0.4 is 10.1 Å². The molecule has 10 nitrogen and oxygen atoms in total. The van der Waals surface area contributed by atoms with E-state index in [9.17, 15) is 9.59 Å². The van der Waals surface area contributed by atoms with E-state index in [1.165, 1.54) is 6.08 Å². The molecule has 42 heavy (non-hydrogen) atoms. The number of aromatic nitrogens is 4. The van der Waals surface area contributed by atoms with Crippen molar-refractivity contribution in [2.45, 2.75) is 39.7 Å². The van der Waals surface area contributed by atoms with Crippen LogP contribution in [0.1, 0.15) is 46.9 Å². The fourth-order valence-electron chi connectivity index (χ4n) is 5.79. The predicted octanol–water partition coefficient (Wildman–Crippen LogP) is 5.39. The number of anilines is 2. The molecule has 1 aromatic carbocycles. The van der Waals surface area contributed by atoms with Gasteiger partial charge in [0.15, 0.2) is 5.75 Å². The number of piperazine rings is 1. The number of carbonyl (C=O) groups is 2. The molecule has 6 rings (SSSR count). The van der Waals surface area contributed by atoms with Gasteiger partial charge in [-0.15, -0.1) is 0 Å². The number of benzene rings is 1. The Balaban J connectivity index is 1.56. The van der Waals surface area contributed by atoms with Gasteiger partial charge >= 0.3 is 0 Å². The SMILES string of the molecule is C=CC(=O)N1CCN2C(=O)c3c(Nc4c(C)ccnc4C(C)C)nc(-c4c(C)ccc5[nH]ncc45)c(Cl)c3OC[C@H]2C1. The third kappa shape index (κ3) is 4.56. The van der Waals surface area contributed by atoms with Crippen LogP contribution in [0.25, 0.3) is 22.2 Å². The first-order chi connectivity index (χ1) is 20.2. The van der Waals surface area contributed by atoms with Gasteiger partial charge in [0, 0.05) is 36.8 Å². The van der Waals surface area contributed by atoms with Crippen molar-refractivity contribution in [2.75, 3.05) is 31.6 Å². The minimum Gasteiger partial charge on any atom is -0.489 e. The minimum atomic E-state index is -0.361. The van der Waals surface area contributed by atoms with Crippen LogP contribution in [0.15, 0.2) is 43.2 Å². The maximum Gasteiger partial charge on any atom is 0.261 e. The second-order valence-electron chi connectivity index (χ2n) is 11.0. The average Bonchev–Trinajstić information content (AvgIpc) is 3.40. The summed E-state index contributed by atoms with van der Waals surface area (Å²) in [5.41, 5.74) is 5.91. The van der Waals surface area contributed by atoms with Crippen molar-refractivity contribution in [2.24, 2.45) is 0 Å². The van der Waals surface area contributed by atoms with Crippen LogP contribution in [0.5, 0.6) is 5.75 Å². The lowest BCUT2D eigenvalue weighted by molar-refractivity contribution is -0.128. The van der Waals surface area contributed by atoms with E-state index in [-0.39, 0.29) is 46.7 Å². The summed E-state index contributed by atoms with van der Waals surface area (Å²) >= 11 is 7.12. The van der Waals surface area contributed by atoms with Crippen molar-refractivity contribution in [3.05, 3.63) is 70.7 Å². The Labute approximate surface area is 248 Å². The maximum atomic E-state index is 14.3. The number of rotatable bonds is 5. The van der Waals surface area contributed by atoms with E-state index in [0.29, 0.717) is 31.1 Å². The fourth-order valence-corrected chi connectivity index (χ4v) is 6.07. The van der Waals surface area contributed by atoms with Crippen LogP contribution in [0, 0.1) is 13.8 Å². The van der Waals surface area contributed by atoms with Gasteiger partial charge in [-0.2, -0.15) is 5.10 Å². The molecule has 2 N–H and O–H groups in total. The third-order valence-electron chi connectivity index (χ3n) is 8.01. The molecule has 0 radical (unpaired) electrons. The summed E-state index contributed by atoms with van der Waals surface area (Å²) in [4.78, 5) is 39.8. The summed E-state index contributed by atoms with van der Waals surface area (Å²) in [5, 5.41) is 11.8. The zero-order chi connectivity index (χ0) is 29.7. The van der Waals surface area contributed by atoms with Gasteiger partial charge in [0.25, 0.3) is 5.91 Å². The molecule has 0 unspecified atom stereocenters. The van der Waals surface area contributed by atoms with Gasteiger partial charge in [0.1, 0.15) is 23.0 Å². The molecule has 0 saturated carbocycles. The summed E-state index contributed by atoms with van der Waals surface area (Å²) in [5.74, 6) is 0.277. The Morgan fingerprint density at radius 1 is 1.21 bits per heavy atom. The third-order valence-corrected chi connectivity index (χ3v) is 8.36. The smallest absolute Gasteiger partial charge is 0.261 e. The Bertz CT molecular complexity index is 1750. The second-order valence-corrected chi connectivity index (χ2v) is 11.4. The lowest BCUT2D eigenvalue weighted by atomic mass is 9.99. The van der Waals surface area contributed by atoms with Crippen LogP contribution in [-0.2, 0) is 4.79 Å². The molecule has 216 valence electrons. The number of hydrogen-bond acceptors (Lipinski definition) is 7. The number of hydrogen-bond donors (Lipinski definition) is 2. The molecule has 1 atom stereocenters. The lowest BCUT2D eigenvalue weighted by Crippen LogP contribution is -2.57. The van der Waals surface area contributed by atoms with Gasteiger partial charge in [-0.25, -0.2) is 4.98 Å². The standard InChI is InChI=1S/C31H32ClN7O3/c1-6-22(40)38-11-12-39-19(14-38)15-42-29-24(31(39)41)30(35-27-18(5)9-10-33-26(27)16(2)3)36-28(25(29)32)23-17(4)7-8-21-20(23)13-34-37-21/h6-10,13,16,19H,1,11-12,14-15H2,2-5H3,(H,34,37)(H,35,36)/t19-/m1/s1. The second kappa shape index (κ2) is 10.8. The molecule has 1 fully saturated rings. The topological polar surface area (TPSA) is 116 Å². The monoisotopic (exact) mass is 585 g/mol. The van der Waals surface area contributed by atoms with E-state index in [0.717, 1.165) is 39.0 Å². The molecule has 4 aromatic rings. The molecular weight excluding hydrogens is 554 g/mol. The van der Waals surface area contributed by atoms with E-state index < -0.39 is 0 Å². The highest BCUT2D eigenvalue weighted by Crippen LogP contribution is 2.45. The molecule has 2 aliphatic heterocycles. The predicted molar refractivity (Wildman–Crippen MR) is 163 cm³/mol. The average molecular weight is 586 g/mol. The van der Waals surface area contributed by atoms with E-state index in [1.807, 2.05) is 32.0 Å². The van der Waals surface area contributed by atoms with E-state index >= 15 is 0 Å². The molecule has 11 heteroatoms. The zero-order valence-corrected chi connectivity index (χ0v) is 24.7. The quantitative estimate of drug-likeness (QED) is 0.302. The highest BCUT2D eigenvalue weighted by Gasteiger charge is 2.40. The summed E-state index contributed by atoms with van der Waals surface area (Å²) in [6.07, 6.45) is 4.82. The molecule has 2 aliphatic rings. The molecule has 3 aromatic heterocycles. The van der Waals surface area contributed by atoms with E-state index in [2.05, 4.69) is 40.9 Å². The number of aromatic amines is 1. The van der Waals surface area contributed by atoms with E-state index in [1.54, 1.807) is 22.2 Å². The number of halogens is 1. The highest BCUT2D eigenvalue weighted by atomic mass is 35.5. The summed E-state index contributed by atoms with van der Waals surface area (Å²) in [7, 11) is 0. The molecule has 0 spiro atoms. The number of fused-ring (bicyclic) bond motifs is 3. The maximum absolute atomic E-state index is 14.3. The first-order valence-electron chi connectivity index (χ1n) is 13.9. The number of nitrogens with zero attached hydrogens (tertiary/aromatic N) is 5.